The van der Waals surface area contributed by atoms with E-state index in [1.165, 1.54) is 19.1 Å². The predicted octanol–water partition coefficient (Wildman–Crippen LogP) is 3.52. The molecule has 1 aliphatic heterocycles. The topological polar surface area (TPSA) is 95.6 Å². The number of nitrogens with zero attached hydrogens (tertiary/aromatic N) is 1. The molecule has 0 bridgehead atoms. The minimum atomic E-state index is -4.07. The lowest BCUT2D eigenvalue weighted by molar-refractivity contribution is -0.125. The number of anilines is 3. The number of amides is 2. The lowest BCUT2D eigenvalue weighted by Gasteiger charge is -2.26. The second-order valence-corrected chi connectivity index (χ2v) is 9.91. The highest BCUT2D eigenvalue weighted by molar-refractivity contribution is 7.92. The van der Waals surface area contributed by atoms with Gasteiger partial charge in [-0.25, -0.2) is 12.8 Å². The number of nitrogens with one attached hydrogen (secondary N) is 2. The van der Waals surface area contributed by atoms with Gasteiger partial charge in [-0.2, -0.15) is 0 Å². The zero-order valence-electron chi connectivity index (χ0n) is 17.2. The third kappa shape index (κ3) is 4.46. The van der Waals surface area contributed by atoms with Gasteiger partial charge in [0.25, 0.3) is 10.0 Å². The molecule has 0 spiro atoms. The van der Waals surface area contributed by atoms with Gasteiger partial charge in [0, 0.05) is 24.6 Å². The van der Waals surface area contributed by atoms with Gasteiger partial charge in [-0.3, -0.25) is 14.3 Å². The van der Waals surface area contributed by atoms with Crippen LogP contribution in [0, 0.1) is 11.2 Å². The van der Waals surface area contributed by atoms with Gasteiger partial charge in [0.15, 0.2) is 0 Å². The van der Waals surface area contributed by atoms with E-state index in [4.69, 9.17) is 0 Å². The van der Waals surface area contributed by atoms with Crippen LogP contribution in [0.2, 0.25) is 0 Å². The Labute approximate surface area is 175 Å². The molecule has 2 aromatic rings. The van der Waals surface area contributed by atoms with Crippen LogP contribution in [0.25, 0.3) is 0 Å². The minimum absolute atomic E-state index is 0.0445. The lowest BCUT2D eigenvalue weighted by atomic mass is 9.94. The van der Waals surface area contributed by atoms with Crippen molar-refractivity contribution < 1.29 is 22.4 Å². The first kappa shape index (κ1) is 21.8. The minimum Gasteiger partial charge on any atom is -0.324 e. The third-order valence-electron chi connectivity index (χ3n) is 4.68. The van der Waals surface area contributed by atoms with Crippen LogP contribution in [0.3, 0.4) is 0 Å². The maximum Gasteiger partial charge on any atom is 0.261 e. The van der Waals surface area contributed by atoms with Crippen LogP contribution in [0.15, 0.2) is 41.3 Å². The van der Waals surface area contributed by atoms with E-state index in [2.05, 4.69) is 10.0 Å². The summed E-state index contributed by atoms with van der Waals surface area (Å²) in [4.78, 5) is 25.2. The summed E-state index contributed by atoms with van der Waals surface area (Å²) >= 11 is 0. The van der Waals surface area contributed by atoms with E-state index in [1.54, 1.807) is 23.1 Å². The van der Waals surface area contributed by atoms with Crippen LogP contribution >= 0.6 is 0 Å². The number of carbonyl (C=O) groups is 2. The Bertz CT molecular complexity index is 1120. The van der Waals surface area contributed by atoms with Crippen LogP contribution in [-0.2, 0) is 26.0 Å². The first-order valence-corrected chi connectivity index (χ1v) is 10.9. The van der Waals surface area contributed by atoms with E-state index in [0.717, 1.165) is 11.6 Å². The summed E-state index contributed by atoms with van der Waals surface area (Å²) in [5.74, 6) is -1.36. The van der Waals surface area contributed by atoms with Crippen molar-refractivity contribution in [2.75, 3.05) is 21.5 Å². The Morgan fingerprint density at radius 1 is 1.10 bits per heavy atom. The molecule has 1 aliphatic rings. The smallest absolute Gasteiger partial charge is 0.261 e. The van der Waals surface area contributed by atoms with Gasteiger partial charge in [0.2, 0.25) is 11.8 Å². The summed E-state index contributed by atoms with van der Waals surface area (Å²) in [6, 6.07) is 8.26. The van der Waals surface area contributed by atoms with Gasteiger partial charge in [-0.1, -0.05) is 26.8 Å². The number of fused-ring (bicyclic) bond motifs is 1. The third-order valence-corrected chi connectivity index (χ3v) is 6.06. The molecule has 2 N–H and O–H groups in total. The Hall–Kier alpha value is -2.94. The highest BCUT2D eigenvalue weighted by Crippen LogP contribution is 2.34. The molecule has 0 unspecified atom stereocenters. The van der Waals surface area contributed by atoms with Gasteiger partial charge < -0.3 is 10.2 Å². The summed E-state index contributed by atoms with van der Waals surface area (Å²) in [7, 11) is -4.07. The number of halogens is 1. The zero-order chi connectivity index (χ0) is 22.3. The van der Waals surface area contributed by atoms with E-state index >= 15 is 0 Å². The number of sulfonamides is 1. The maximum absolute atomic E-state index is 14.2. The molecule has 0 fully saturated rings. The fourth-order valence-corrected chi connectivity index (χ4v) is 4.29. The van der Waals surface area contributed by atoms with E-state index in [-0.39, 0.29) is 22.2 Å². The molecule has 1 heterocycles. The molecule has 0 radical (unpaired) electrons. The molecule has 0 saturated heterocycles. The fourth-order valence-electron chi connectivity index (χ4n) is 3.23. The van der Waals surface area contributed by atoms with Crippen LogP contribution < -0.4 is 14.9 Å². The molecule has 0 atom stereocenters. The van der Waals surface area contributed by atoms with Crippen LogP contribution in [0.4, 0.5) is 21.5 Å². The monoisotopic (exact) mass is 433 g/mol. The van der Waals surface area contributed by atoms with Crippen LogP contribution in [-0.4, -0.2) is 26.8 Å². The first-order valence-electron chi connectivity index (χ1n) is 9.43. The van der Waals surface area contributed by atoms with Crippen LogP contribution in [0.5, 0.6) is 0 Å². The molecule has 160 valence electrons. The number of carbonyl (C=O) groups excluding carboxylic acids is 2. The molecule has 30 heavy (non-hydrogen) atoms. The van der Waals surface area contributed by atoms with E-state index in [9.17, 15) is 22.4 Å². The second kappa shape index (κ2) is 7.71. The lowest BCUT2D eigenvalue weighted by Crippen LogP contribution is -2.38. The Morgan fingerprint density at radius 3 is 2.40 bits per heavy atom. The van der Waals surface area contributed by atoms with Crippen molar-refractivity contribution in [2.24, 2.45) is 5.41 Å². The normalized spacial score (nSPS) is 13.7. The van der Waals surface area contributed by atoms with E-state index in [1.807, 2.05) is 20.8 Å². The van der Waals surface area contributed by atoms with Gasteiger partial charge >= 0.3 is 0 Å². The van der Waals surface area contributed by atoms with Crippen LogP contribution in [0.1, 0.15) is 33.3 Å². The standard InChI is InChI=1S/C21H24FN3O4S/c1-13(26)23-18-8-7-16(12-17(18)22)30(28,29)24-15-6-5-14-9-10-25(19(14)11-15)20(27)21(2,3)4/h5-8,11-12,24H,9-10H2,1-4H3,(H,23,26). The summed E-state index contributed by atoms with van der Waals surface area (Å²) in [6.45, 7) is 7.27. The molecule has 0 saturated carbocycles. The number of benzene rings is 2. The van der Waals surface area contributed by atoms with Crippen molar-refractivity contribution >= 4 is 38.9 Å². The van der Waals surface area contributed by atoms with Gasteiger partial charge in [0.1, 0.15) is 5.82 Å². The highest BCUT2D eigenvalue weighted by atomic mass is 32.2. The average molecular weight is 434 g/mol. The molecule has 9 heteroatoms. The Morgan fingerprint density at radius 2 is 1.80 bits per heavy atom. The summed E-state index contributed by atoms with van der Waals surface area (Å²) in [5.41, 5.74) is 1.23. The van der Waals surface area contributed by atoms with Gasteiger partial charge in [-0.05, 0) is 42.3 Å². The SMILES string of the molecule is CC(=O)Nc1ccc(S(=O)(=O)Nc2ccc3c(c2)N(C(=O)C(C)(C)C)CC3)cc1F. The fraction of sp³-hybridized carbons (Fsp3) is 0.333. The first-order chi connectivity index (χ1) is 13.9. The molecule has 0 aromatic heterocycles. The van der Waals surface area contributed by atoms with Gasteiger partial charge in [0.05, 0.1) is 16.3 Å². The maximum atomic E-state index is 14.2. The van der Waals surface area contributed by atoms with Gasteiger partial charge in [-0.15, -0.1) is 0 Å². The second-order valence-electron chi connectivity index (χ2n) is 8.23. The number of hydrogen-bond donors (Lipinski definition) is 2. The summed E-state index contributed by atoms with van der Waals surface area (Å²) < 4.78 is 42.0. The van der Waals surface area contributed by atoms with Crippen molar-refractivity contribution in [1.82, 2.24) is 0 Å². The quantitative estimate of drug-likeness (QED) is 0.771. The largest absolute Gasteiger partial charge is 0.324 e. The number of hydrogen-bond acceptors (Lipinski definition) is 4. The van der Waals surface area contributed by atoms with Crippen molar-refractivity contribution in [3.8, 4) is 0 Å². The average Bonchev–Trinajstić information content (AvgIpc) is 3.04. The molecule has 2 amide bonds. The van der Waals surface area contributed by atoms with Crippen molar-refractivity contribution in [2.45, 2.75) is 39.0 Å². The molecular formula is C21H24FN3O4S. The Balaban J connectivity index is 1.87. The molecule has 2 aromatic carbocycles. The number of rotatable bonds is 4. The molecule has 7 nitrogen and oxygen atoms in total. The summed E-state index contributed by atoms with van der Waals surface area (Å²) in [6.07, 6.45) is 0.694. The van der Waals surface area contributed by atoms with Crippen molar-refractivity contribution in [3.05, 3.63) is 47.8 Å². The van der Waals surface area contributed by atoms with E-state index < -0.39 is 27.2 Å². The van der Waals surface area contributed by atoms with E-state index in [0.29, 0.717) is 18.7 Å². The highest BCUT2D eigenvalue weighted by Gasteiger charge is 2.32. The van der Waals surface area contributed by atoms with Crippen molar-refractivity contribution in [3.63, 3.8) is 0 Å². The molecule has 0 aliphatic carbocycles. The Kier molecular flexibility index (Phi) is 5.60. The predicted molar refractivity (Wildman–Crippen MR) is 113 cm³/mol. The van der Waals surface area contributed by atoms with Crippen molar-refractivity contribution in [1.29, 1.82) is 0 Å². The molecule has 3 rings (SSSR count). The summed E-state index contributed by atoms with van der Waals surface area (Å²) in [5, 5.41) is 2.29. The molecular weight excluding hydrogens is 409 g/mol. The zero-order valence-corrected chi connectivity index (χ0v) is 18.1.